The molecular formula is C21H28N4O6S. The largest absolute Gasteiger partial charge is 0.495 e. The van der Waals surface area contributed by atoms with Crippen LogP contribution in [0.3, 0.4) is 0 Å². The zero-order valence-corrected chi connectivity index (χ0v) is 19.7. The molecule has 1 aromatic heterocycles. The highest BCUT2D eigenvalue weighted by Gasteiger charge is 2.31. The van der Waals surface area contributed by atoms with E-state index in [-0.39, 0.29) is 16.2 Å². The highest BCUT2D eigenvalue weighted by atomic mass is 32.2. The minimum absolute atomic E-state index is 0.0111. The summed E-state index contributed by atoms with van der Waals surface area (Å²) in [5.41, 5.74) is 1.98. The van der Waals surface area contributed by atoms with Crippen LogP contribution >= 0.6 is 0 Å². The zero-order chi connectivity index (χ0) is 23.6. The van der Waals surface area contributed by atoms with E-state index in [1.165, 1.54) is 36.5 Å². The van der Waals surface area contributed by atoms with Gasteiger partial charge in [0, 0.05) is 20.1 Å². The third-order valence-electron chi connectivity index (χ3n) is 5.49. The lowest BCUT2D eigenvalue weighted by molar-refractivity contribution is -0.123. The molecule has 2 heterocycles. The van der Waals surface area contributed by atoms with E-state index in [4.69, 9.17) is 9.47 Å². The van der Waals surface area contributed by atoms with Gasteiger partial charge in [-0.15, -0.1) is 0 Å². The molecule has 11 heteroatoms. The summed E-state index contributed by atoms with van der Waals surface area (Å²) in [5, 5.41) is 6.96. The molecule has 3 rings (SSSR count). The van der Waals surface area contributed by atoms with Crippen LogP contribution in [0.25, 0.3) is 0 Å². The molecule has 0 radical (unpaired) electrons. The summed E-state index contributed by atoms with van der Waals surface area (Å²) in [6, 6.07) is 4.05. The Balaban J connectivity index is 1.78. The number of nitrogens with one attached hydrogen (secondary N) is 1. The number of aryl methyl sites for hydroxylation is 2. The van der Waals surface area contributed by atoms with Gasteiger partial charge in [0.1, 0.15) is 10.6 Å². The monoisotopic (exact) mass is 464 g/mol. The van der Waals surface area contributed by atoms with Crippen LogP contribution in [0.5, 0.6) is 5.75 Å². The van der Waals surface area contributed by atoms with Crippen LogP contribution in [-0.4, -0.2) is 60.7 Å². The Bertz CT molecular complexity index is 1140. The molecule has 174 valence electrons. The summed E-state index contributed by atoms with van der Waals surface area (Å²) in [5.74, 6) is -1.19. The minimum Gasteiger partial charge on any atom is -0.495 e. The molecule has 0 spiro atoms. The second kappa shape index (κ2) is 9.29. The number of carbonyl (C=O) groups excluding carboxylic acids is 2. The van der Waals surface area contributed by atoms with E-state index in [0.29, 0.717) is 24.5 Å². The molecule has 0 unspecified atom stereocenters. The molecule has 1 aliphatic heterocycles. The highest BCUT2D eigenvalue weighted by molar-refractivity contribution is 7.89. The average Bonchev–Trinajstić information content (AvgIpc) is 3.38. The zero-order valence-electron chi connectivity index (χ0n) is 18.8. The van der Waals surface area contributed by atoms with Gasteiger partial charge >= 0.3 is 5.97 Å². The normalized spacial score (nSPS) is 15.4. The number of benzene rings is 1. The first-order valence-corrected chi connectivity index (χ1v) is 11.7. The number of hydrogen-bond donors (Lipinski definition) is 1. The van der Waals surface area contributed by atoms with Gasteiger partial charge in [-0.2, -0.15) is 9.40 Å². The molecule has 1 fully saturated rings. The average molecular weight is 465 g/mol. The fraction of sp³-hybridized carbons (Fsp3) is 0.476. The number of sulfonamides is 1. The molecule has 1 amide bonds. The quantitative estimate of drug-likeness (QED) is 0.623. The smallest absolute Gasteiger partial charge is 0.338 e. The Morgan fingerprint density at radius 3 is 2.41 bits per heavy atom. The number of ether oxygens (including phenoxy) is 2. The van der Waals surface area contributed by atoms with Gasteiger partial charge in [-0.3, -0.25) is 9.48 Å². The molecule has 1 N–H and O–H groups in total. The Hall–Kier alpha value is -2.92. The number of nitrogens with zero attached hydrogens (tertiary/aromatic N) is 3. The standard InChI is InChI=1S/C21H28N4O6S/c1-13-19(14(2)24(4)23-13)22-20(26)15(3)31-21(27)16-8-9-17(30-5)18(12-16)32(28,29)25-10-6-7-11-25/h8-9,12,15H,6-7,10-11H2,1-5H3,(H,22,26)/t15-/m1/s1. The number of esters is 1. The van der Waals surface area contributed by atoms with Crippen LogP contribution in [0.15, 0.2) is 23.1 Å². The maximum Gasteiger partial charge on any atom is 0.338 e. The first kappa shape index (κ1) is 23.7. The number of rotatable bonds is 7. The molecule has 2 aromatic rings. The lowest BCUT2D eigenvalue weighted by Gasteiger charge is -2.18. The molecule has 10 nitrogen and oxygen atoms in total. The van der Waals surface area contributed by atoms with E-state index in [1.807, 2.05) is 6.92 Å². The maximum absolute atomic E-state index is 13.0. The number of anilines is 1. The summed E-state index contributed by atoms with van der Waals surface area (Å²) < 4.78 is 39.5. The Labute approximate surface area is 187 Å². The van der Waals surface area contributed by atoms with Crippen molar-refractivity contribution < 1.29 is 27.5 Å². The summed E-state index contributed by atoms with van der Waals surface area (Å²) in [6.07, 6.45) is 0.458. The Kier molecular flexibility index (Phi) is 6.89. The molecule has 1 saturated heterocycles. The number of carbonyl (C=O) groups is 2. The number of hydrogen-bond acceptors (Lipinski definition) is 7. The van der Waals surface area contributed by atoms with Crippen molar-refractivity contribution in [3.8, 4) is 5.75 Å². The van der Waals surface area contributed by atoms with Gasteiger partial charge in [0.05, 0.1) is 29.7 Å². The predicted octanol–water partition coefficient (Wildman–Crippen LogP) is 2.01. The van der Waals surface area contributed by atoms with Gasteiger partial charge in [-0.25, -0.2) is 13.2 Å². The van der Waals surface area contributed by atoms with E-state index in [2.05, 4.69) is 10.4 Å². The second-order valence-corrected chi connectivity index (χ2v) is 9.59. The van der Waals surface area contributed by atoms with Crippen molar-refractivity contribution in [2.24, 2.45) is 7.05 Å². The summed E-state index contributed by atoms with van der Waals surface area (Å²) in [4.78, 5) is 25.1. The van der Waals surface area contributed by atoms with Gasteiger partial charge < -0.3 is 14.8 Å². The highest BCUT2D eigenvalue weighted by Crippen LogP contribution is 2.30. The van der Waals surface area contributed by atoms with Crippen LogP contribution in [-0.2, 0) is 26.6 Å². The molecule has 0 bridgehead atoms. The number of amides is 1. The van der Waals surface area contributed by atoms with E-state index >= 15 is 0 Å². The lowest BCUT2D eigenvalue weighted by atomic mass is 10.2. The van der Waals surface area contributed by atoms with Crippen LogP contribution in [0.1, 0.15) is 41.5 Å². The first-order valence-electron chi connectivity index (χ1n) is 10.3. The first-order chi connectivity index (χ1) is 15.1. The fourth-order valence-electron chi connectivity index (χ4n) is 3.53. The van der Waals surface area contributed by atoms with E-state index in [9.17, 15) is 18.0 Å². The van der Waals surface area contributed by atoms with Crippen molar-refractivity contribution in [2.75, 3.05) is 25.5 Å². The van der Waals surface area contributed by atoms with E-state index in [1.54, 1.807) is 18.7 Å². The Morgan fingerprint density at radius 2 is 1.84 bits per heavy atom. The van der Waals surface area contributed by atoms with Crippen LogP contribution in [0.4, 0.5) is 5.69 Å². The minimum atomic E-state index is -3.82. The predicted molar refractivity (Wildman–Crippen MR) is 117 cm³/mol. The lowest BCUT2D eigenvalue weighted by Crippen LogP contribution is -2.31. The van der Waals surface area contributed by atoms with E-state index in [0.717, 1.165) is 18.5 Å². The third kappa shape index (κ3) is 4.63. The summed E-state index contributed by atoms with van der Waals surface area (Å²) in [6.45, 7) is 5.86. The van der Waals surface area contributed by atoms with Crippen molar-refractivity contribution >= 4 is 27.6 Å². The van der Waals surface area contributed by atoms with Crippen LogP contribution in [0, 0.1) is 13.8 Å². The molecule has 32 heavy (non-hydrogen) atoms. The molecular weight excluding hydrogens is 436 g/mol. The van der Waals surface area contributed by atoms with Gasteiger partial charge in [-0.05, 0) is 51.8 Å². The summed E-state index contributed by atoms with van der Waals surface area (Å²) in [7, 11) is -0.689. The van der Waals surface area contributed by atoms with Crippen molar-refractivity contribution in [2.45, 2.75) is 44.6 Å². The third-order valence-corrected chi connectivity index (χ3v) is 7.41. The maximum atomic E-state index is 13.0. The van der Waals surface area contributed by atoms with Crippen molar-refractivity contribution in [3.05, 3.63) is 35.2 Å². The van der Waals surface area contributed by atoms with Gasteiger partial charge in [0.25, 0.3) is 5.91 Å². The second-order valence-electron chi connectivity index (χ2n) is 7.68. The number of methoxy groups -OCH3 is 1. The van der Waals surface area contributed by atoms with Crippen molar-refractivity contribution in [3.63, 3.8) is 0 Å². The number of aromatic nitrogens is 2. The fourth-order valence-corrected chi connectivity index (χ4v) is 5.23. The van der Waals surface area contributed by atoms with Crippen LogP contribution < -0.4 is 10.1 Å². The molecule has 0 aliphatic carbocycles. The Morgan fingerprint density at radius 1 is 1.19 bits per heavy atom. The van der Waals surface area contributed by atoms with Crippen molar-refractivity contribution in [1.29, 1.82) is 0 Å². The molecule has 1 atom stereocenters. The van der Waals surface area contributed by atoms with Crippen LogP contribution in [0.2, 0.25) is 0 Å². The molecule has 1 aromatic carbocycles. The van der Waals surface area contributed by atoms with E-state index < -0.39 is 28.0 Å². The SMILES string of the molecule is COc1ccc(C(=O)O[C@H](C)C(=O)Nc2c(C)nn(C)c2C)cc1S(=O)(=O)N1CCCC1. The van der Waals surface area contributed by atoms with Crippen molar-refractivity contribution in [1.82, 2.24) is 14.1 Å². The van der Waals surface area contributed by atoms with Gasteiger partial charge in [0.15, 0.2) is 6.10 Å². The molecule has 0 saturated carbocycles. The van der Waals surface area contributed by atoms with Gasteiger partial charge in [-0.1, -0.05) is 0 Å². The molecule has 1 aliphatic rings. The van der Waals surface area contributed by atoms with Gasteiger partial charge in [0.2, 0.25) is 10.0 Å². The summed E-state index contributed by atoms with van der Waals surface area (Å²) >= 11 is 0. The topological polar surface area (TPSA) is 120 Å².